The van der Waals surface area contributed by atoms with Gasteiger partial charge in [-0.05, 0) is 86.9 Å². The number of anilines is 1. The molecule has 162 valence electrons. The maximum Gasteiger partial charge on any atom is 0.269 e. The van der Waals surface area contributed by atoms with Gasteiger partial charge in [0.1, 0.15) is 0 Å². The molecule has 31 heavy (non-hydrogen) atoms. The third-order valence-electron chi connectivity index (χ3n) is 6.07. The summed E-state index contributed by atoms with van der Waals surface area (Å²) in [4.78, 5) is 12.7. The minimum atomic E-state index is -3.79. The van der Waals surface area contributed by atoms with E-state index in [2.05, 4.69) is 9.82 Å². The summed E-state index contributed by atoms with van der Waals surface area (Å²) in [6, 6.07) is 10.8. The topological polar surface area (TPSA) is 81.1 Å². The van der Waals surface area contributed by atoms with E-state index in [0.29, 0.717) is 22.5 Å². The zero-order chi connectivity index (χ0) is 22.3. The minimum absolute atomic E-state index is 0.0604. The van der Waals surface area contributed by atoms with Crippen LogP contribution in [0.5, 0.6) is 0 Å². The molecule has 0 aliphatic heterocycles. The monoisotopic (exact) mass is 437 g/mol. The fraction of sp³-hybridized carbons (Fsp3) is 0.333. The Morgan fingerprint density at radius 1 is 0.903 bits per heavy atom. The summed E-state index contributed by atoms with van der Waals surface area (Å²) in [6.45, 7) is 5.72. The number of hydrogen-bond acceptors (Lipinski definition) is 4. The van der Waals surface area contributed by atoms with Crippen LogP contribution < -0.4 is 10.3 Å². The predicted octanol–water partition coefficient (Wildman–Crippen LogP) is 4.05. The van der Waals surface area contributed by atoms with Gasteiger partial charge in [0.2, 0.25) is 0 Å². The Balaban J connectivity index is 1.80. The van der Waals surface area contributed by atoms with Crippen molar-refractivity contribution in [3.8, 4) is 11.3 Å². The number of benzene rings is 2. The molecule has 0 atom stereocenters. The molecule has 0 fully saturated rings. The third kappa shape index (κ3) is 4.02. The molecule has 0 radical (unpaired) electrons. The van der Waals surface area contributed by atoms with E-state index in [1.54, 1.807) is 32.2 Å². The number of sulfonamides is 1. The van der Waals surface area contributed by atoms with E-state index in [9.17, 15) is 13.2 Å². The first kappa shape index (κ1) is 21.3. The van der Waals surface area contributed by atoms with Crippen molar-refractivity contribution in [2.45, 2.75) is 51.3 Å². The summed E-state index contributed by atoms with van der Waals surface area (Å²) < 4.78 is 30.5. The first-order valence-electron chi connectivity index (χ1n) is 10.5. The van der Waals surface area contributed by atoms with Crippen LogP contribution in [0.3, 0.4) is 0 Å². The zero-order valence-electron chi connectivity index (χ0n) is 18.3. The van der Waals surface area contributed by atoms with Crippen LogP contribution >= 0.6 is 0 Å². The SMILES string of the molecule is Cc1ccc(NS(=O)(=O)c2cc(-c3nn(C)c(=O)c4c3CCCC4)ccc2C)cc1C. The summed E-state index contributed by atoms with van der Waals surface area (Å²) in [5.41, 5.74) is 6.40. The molecule has 0 unspecified atom stereocenters. The van der Waals surface area contributed by atoms with Gasteiger partial charge in [0.15, 0.2) is 0 Å². The normalized spacial score (nSPS) is 13.7. The molecule has 4 rings (SSSR count). The van der Waals surface area contributed by atoms with Crippen LogP contribution in [0.15, 0.2) is 46.1 Å². The summed E-state index contributed by atoms with van der Waals surface area (Å²) >= 11 is 0. The maximum atomic E-state index is 13.2. The van der Waals surface area contributed by atoms with Gasteiger partial charge in [0.05, 0.1) is 10.6 Å². The number of hydrogen-bond donors (Lipinski definition) is 1. The highest BCUT2D eigenvalue weighted by molar-refractivity contribution is 7.92. The van der Waals surface area contributed by atoms with Gasteiger partial charge in [-0.15, -0.1) is 0 Å². The molecule has 0 saturated heterocycles. The fourth-order valence-corrected chi connectivity index (χ4v) is 5.46. The second-order valence-electron chi connectivity index (χ2n) is 8.33. The lowest BCUT2D eigenvalue weighted by atomic mass is 9.89. The number of nitrogens with one attached hydrogen (secondary N) is 1. The van der Waals surface area contributed by atoms with Crippen LogP contribution in [-0.4, -0.2) is 18.2 Å². The fourth-order valence-electron chi connectivity index (χ4n) is 4.14. The molecule has 0 saturated carbocycles. The van der Waals surface area contributed by atoms with Gasteiger partial charge < -0.3 is 0 Å². The van der Waals surface area contributed by atoms with Crippen LogP contribution in [0, 0.1) is 20.8 Å². The predicted molar refractivity (Wildman–Crippen MR) is 123 cm³/mol. The van der Waals surface area contributed by atoms with E-state index in [1.807, 2.05) is 32.0 Å². The van der Waals surface area contributed by atoms with Crippen LogP contribution in [0.25, 0.3) is 11.3 Å². The van der Waals surface area contributed by atoms with Crippen molar-refractivity contribution in [3.63, 3.8) is 0 Å². The molecule has 2 aromatic carbocycles. The molecule has 6 nitrogen and oxygen atoms in total. The first-order valence-corrected chi connectivity index (χ1v) is 12.0. The highest BCUT2D eigenvalue weighted by Crippen LogP contribution is 2.31. The van der Waals surface area contributed by atoms with Crippen molar-refractivity contribution in [3.05, 3.63) is 74.6 Å². The molecule has 0 spiro atoms. The van der Waals surface area contributed by atoms with Crippen molar-refractivity contribution < 1.29 is 8.42 Å². The largest absolute Gasteiger partial charge is 0.280 e. The Labute approximate surface area is 183 Å². The average Bonchev–Trinajstić information content (AvgIpc) is 2.73. The van der Waals surface area contributed by atoms with Gasteiger partial charge in [-0.2, -0.15) is 5.10 Å². The molecule has 0 amide bonds. The number of rotatable bonds is 4. The smallest absolute Gasteiger partial charge is 0.269 e. The minimum Gasteiger partial charge on any atom is -0.280 e. The lowest BCUT2D eigenvalue weighted by molar-refractivity contribution is 0.600. The van der Waals surface area contributed by atoms with E-state index in [4.69, 9.17) is 0 Å². The van der Waals surface area contributed by atoms with Crippen molar-refractivity contribution >= 4 is 15.7 Å². The van der Waals surface area contributed by atoms with E-state index in [-0.39, 0.29) is 10.5 Å². The van der Waals surface area contributed by atoms with Crippen molar-refractivity contribution in [1.29, 1.82) is 0 Å². The number of nitrogens with zero attached hydrogens (tertiary/aromatic N) is 2. The lowest BCUT2D eigenvalue weighted by Gasteiger charge is -2.20. The Morgan fingerprint density at radius 3 is 2.29 bits per heavy atom. The van der Waals surface area contributed by atoms with Crippen molar-refractivity contribution in [2.75, 3.05) is 4.72 Å². The van der Waals surface area contributed by atoms with E-state index in [0.717, 1.165) is 47.9 Å². The van der Waals surface area contributed by atoms with E-state index < -0.39 is 10.0 Å². The second kappa shape index (κ2) is 7.96. The third-order valence-corrected chi connectivity index (χ3v) is 7.59. The number of fused-ring (bicyclic) bond motifs is 1. The maximum absolute atomic E-state index is 13.2. The van der Waals surface area contributed by atoms with Crippen molar-refractivity contribution in [2.24, 2.45) is 7.05 Å². The van der Waals surface area contributed by atoms with E-state index >= 15 is 0 Å². The highest BCUT2D eigenvalue weighted by Gasteiger charge is 2.23. The van der Waals surface area contributed by atoms with Gasteiger partial charge in [-0.25, -0.2) is 13.1 Å². The van der Waals surface area contributed by atoms with Crippen LogP contribution in [0.2, 0.25) is 0 Å². The number of aromatic nitrogens is 2. The molecule has 1 N–H and O–H groups in total. The summed E-state index contributed by atoms with van der Waals surface area (Å²) in [7, 11) is -2.14. The van der Waals surface area contributed by atoms with Crippen LogP contribution in [0.1, 0.15) is 40.7 Å². The Kier molecular flexibility index (Phi) is 5.47. The Bertz CT molecular complexity index is 1340. The van der Waals surface area contributed by atoms with Gasteiger partial charge in [-0.1, -0.05) is 18.2 Å². The Hall–Kier alpha value is -2.93. The summed E-state index contributed by atoms with van der Waals surface area (Å²) in [5.74, 6) is 0. The Morgan fingerprint density at radius 2 is 1.58 bits per heavy atom. The average molecular weight is 438 g/mol. The first-order chi connectivity index (χ1) is 14.7. The molecule has 1 aliphatic rings. The van der Waals surface area contributed by atoms with Crippen LogP contribution in [-0.2, 0) is 29.9 Å². The summed E-state index contributed by atoms with van der Waals surface area (Å²) in [5, 5.41) is 4.50. The molecular formula is C24H27N3O3S. The summed E-state index contributed by atoms with van der Waals surface area (Å²) in [6.07, 6.45) is 3.51. The quantitative estimate of drug-likeness (QED) is 0.668. The lowest BCUT2D eigenvalue weighted by Crippen LogP contribution is -2.28. The standard InChI is InChI=1S/C24H27N3O3S/c1-15-10-12-19(13-17(15)3)26-31(29,30)22-14-18(11-9-16(22)2)23-20-7-5-6-8-21(20)24(28)27(4)25-23/h9-14,26H,5-8H2,1-4H3. The molecular weight excluding hydrogens is 410 g/mol. The molecule has 7 heteroatoms. The molecule has 1 aromatic heterocycles. The molecule has 1 heterocycles. The van der Waals surface area contributed by atoms with Gasteiger partial charge in [0.25, 0.3) is 15.6 Å². The number of aryl methyl sites for hydroxylation is 4. The van der Waals surface area contributed by atoms with Crippen molar-refractivity contribution in [1.82, 2.24) is 9.78 Å². The zero-order valence-corrected chi connectivity index (χ0v) is 19.1. The molecule has 1 aliphatic carbocycles. The van der Waals surface area contributed by atoms with Gasteiger partial charge in [-0.3, -0.25) is 9.52 Å². The second-order valence-corrected chi connectivity index (χ2v) is 9.98. The van der Waals surface area contributed by atoms with Crippen LogP contribution in [0.4, 0.5) is 5.69 Å². The molecule has 0 bridgehead atoms. The van der Waals surface area contributed by atoms with Gasteiger partial charge >= 0.3 is 0 Å². The highest BCUT2D eigenvalue weighted by atomic mass is 32.2. The van der Waals surface area contributed by atoms with E-state index in [1.165, 1.54) is 4.68 Å². The molecule has 3 aromatic rings. The van der Waals surface area contributed by atoms with Gasteiger partial charge in [0, 0.05) is 23.9 Å².